The summed E-state index contributed by atoms with van der Waals surface area (Å²) in [5.74, 6) is -3.35. The maximum Gasteiger partial charge on any atom is 0.335 e. The molecule has 0 aromatic carbocycles. The van der Waals surface area contributed by atoms with Gasteiger partial charge < -0.3 is 45.2 Å². The summed E-state index contributed by atoms with van der Waals surface area (Å²) in [6, 6.07) is 0. The number of carboxylic acids is 1. The standard InChI is InChI=1S/C14H23NO12/c1-4(17)15-7(19)2-6(8(20)5(18)3-16)26-14-11(23)9(21)10(22)12(27-14)13(24)25/h5-6,8-12,14,16,18,20-23H,2-3H2,1H3,(H,24,25)(H,15,17,19)/t5-,6-,8+,9+,10+,11-,12+,14-/m1/s1. The molecule has 2 amide bonds. The lowest BCUT2D eigenvalue weighted by molar-refractivity contribution is -0.312. The van der Waals surface area contributed by atoms with Crippen LogP contribution in [-0.2, 0) is 23.9 Å². The zero-order valence-corrected chi connectivity index (χ0v) is 14.2. The minimum atomic E-state index is -1.99. The molecule has 8 N–H and O–H groups in total. The fraction of sp³-hybridized carbons (Fsp3) is 0.786. The molecule has 0 aromatic heterocycles. The number of hydrogen-bond donors (Lipinski definition) is 8. The van der Waals surface area contributed by atoms with E-state index >= 15 is 0 Å². The van der Waals surface area contributed by atoms with Crippen molar-refractivity contribution in [3.8, 4) is 0 Å². The minimum absolute atomic E-state index is 0.727. The van der Waals surface area contributed by atoms with Gasteiger partial charge in [-0.2, -0.15) is 0 Å². The minimum Gasteiger partial charge on any atom is -0.479 e. The van der Waals surface area contributed by atoms with E-state index in [0.717, 1.165) is 6.92 Å². The lowest BCUT2D eigenvalue weighted by Gasteiger charge is -2.40. The maximum absolute atomic E-state index is 11.7. The van der Waals surface area contributed by atoms with E-state index in [9.17, 15) is 39.9 Å². The fourth-order valence-corrected chi connectivity index (χ4v) is 2.37. The first-order valence-electron chi connectivity index (χ1n) is 7.84. The Bertz CT molecular complexity index is 542. The van der Waals surface area contributed by atoms with E-state index in [1.165, 1.54) is 0 Å². The Morgan fingerprint density at radius 2 is 1.70 bits per heavy atom. The monoisotopic (exact) mass is 397 g/mol. The lowest BCUT2D eigenvalue weighted by Crippen LogP contribution is -2.61. The van der Waals surface area contributed by atoms with Crippen molar-refractivity contribution in [1.29, 1.82) is 0 Å². The number of ether oxygens (including phenoxy) is 2. The third-order valence-corrected chi connectivity index (χ3v) is 3.79. The van der Waals surface area contributed by atoms with Gasteiger partial charge in [-0.25, -0.2) is 4.79 Å². The summed E-state index contributed by atoms with van der Waals surface area (Å²) < 4.78 is 10.0. The molecule has 1 aliphatic heterocycles. The van der Waals surface area contributed by atoms with Crippen molar-refractivity contribution in [3.63, 3.8) is 0 Å². The van der Waals surface area contributed by atoms with Crippen LogP contribution < -0.4 is 5.32 Å². The van der Waals surface area contributed by atoms with Crippen LogP contribution in [0.2, 0.25) is 0 Å². The Morgan fingerprint density at radius 3 is 2.19 bits per heavy atom. The van der Waals surface area contributed by atoms with Gasteiger partial charge in [-0.1, -0.05) is 0 Å². The molecule has 1 rings (SSSR count). The van der Waals surface area contributed by atoms with Gasteiger partial charge in [-0.05, 0) is 0 Å². The van der Waals surface area contributed by atoms with Crippen LogP contribution in [0.4, 0.5) is 0 Å². The van der Waals surface area contributed by atoms with Gasteiger partial charge in [-0.3, -0.25) is 14.9 Å². The van der Waals surface area contributed by atoms with E-state index in [0.29, 0.717) is 0 Å². The smallest absolute Gasteiger partial charge is 0.335 e. The quantitative estimate of drug-likeness (QED) is 0.193. The molecule has 156 valence electrons. The van der Waals surface area contributed by atoms with Crippen molar-refractivity contribution < 1.29 is 59.6 Å². The third-order valence-electron chi connectivity index (χ3n) is 3.79. The number of aliphatic hydroxyl groups excluding tert-OH is 6. The van der Waals surface area contributed by atoms with Crippen LogP contribution in [-0.4, -0.2) is 109 Å². The Hall–Kier alpha value is -1.71. The van der Waals surface area contributed by atoms with E-state index in [2.05, 4.69) is 0 Å². The van der Waals surface area contributed by atoms with Crippen molar-refractivity contribution in [1.82, 2.24) is 5.32 Å². The zero-order valence-electron chi connectivity index (χ0n) is 14.2. The topological polar surface area (TPSA) is 223 Å². The summed E-state index contributed by atoms with van der Waals surface area (Å²) in [5.41, 5.74) is 0. The number of aliphatic hydroxyl groups is 6. The largest absolute Gasteiger partial charge is 0.479 e. The van der Waals surface area contributed by atoms with Crippen LogP contribution in [0.15, 0.2) is 0 Å². The summed E-state index contributed by atoms with van der Waals surface area (Å²) in [6.07, 6.45) is -16.0. The van der Waals surface area contributed by atoms with Crippen LogP contribution in [0.25, 0.3) is 0 Å². The molecular formula is C14H23NO12. The summed E-state index contributed by atoms with van der Waals surface area (Å²) in [5, 5.41) is 68.6. The van der Waals surface area contributed by atoms with Crippen molar-refractivity contribution in [2.24, 2.45) is 0 Å². The molecule has 8 atom stereocenters. The number of aliphatic carboxylic acids is 1. The molecule has 0 aromatic rings. The Labute approximate surface area is 152 Å². The van der Waals surface area contributed by atoms with Crippen LogP contribution in [0, 0.1) is 0 Å². The average Bonchev–Trinajstić information content (AvgIpc) is 2.58. The van der Waals surface area contributed by atoms with Crippen LogP contribution in [0.1, 0.15) is 13.3 Å². The summed E-state index contributed by atoms with van der Waals surface area (Å²) in [7, 11) is 0. The number of carbonyl (C=O) groups excluding carboxylic acids is 2. The summed E-state index contributed by atoms with van der Waals surface area (Å²) in [4.78, 5) is 33.7. The molecule has 0 aliphatic carbocycles. The highest BCUT2D eigenvalue weighted by Crippen LogP contribution is 2.25. The second kappa shape index (κ2) is 10.0. The van der Waals surface area contributed by atoms with Crippen LogP contribution in [0.3, 0.4) is 0 Å². The third kappa shape index (κ3) is 6.15. The van der Waals surface area contributed by atoms with Crippen molar-refractivity contribution in [3.05, 3.63) is 0 Å². The fourth-order valence-electron chi connectivity index (χ4n) is 2.37. The number of nitrogens with one attached hydrogen (secondary N) is 1. The first kappa shape index (κ1) is 23.3. The molecule has 13 nitrogen and oxygen atoms in total. The molecule has 1 fully saturated rings. The predicted octanol–water partition coefficient (Wildman–Crippen LogP) is -4.97. The van der Waals surface area contributed by atoms with Crippen LogP contribution in [0.5, 0.6) is 0 Å². The molecule has 1 heterocycles. The van der Waals surface area contributed by atoms with Crippen molar-refractivity contribution in [2.45, 2.75) is 62.4 Å². The second-order valence-corrected chi connectivity index (χ2v) is 5.96. The zero-order chi connectivity index (χ0) is 20.9. The Morgan fingerprint density at radius 1 is 1.11 bits per heavy atom. The lowest BCUT2D eigenvalue weighted by atomic mass is 9.98. The number of amides is 2. The first-order valence-corrected chi connectivity index (χ1v) is 7.84. The molecule has 0 unspecified atom stereocenters. The van der Waals surface area contributed by atoms with Crippen molar-refractivity contribution >= 4 is 17.8 Å². The molecule has 13 heteroatoms. The van der Waals surface area contributed by atoms with E-state index in [-0.39, 0.29) is 0 Å². The molecule has 0 saturated carbocycles. The Balaban J connectivity index is 2.99. The van der Waals surface area contributed by atoms with Crippen molar-refractivity contribution in [2.75, 3.05) is 6.61 Å². The van der Waals surface area contributed by atoms with E-state index in [4.69, 9.17) is 19.7 Å². The van der Waals surface area contributed by atoms with Gasteiger partial charge in [0.25, 0.3) is 0 Å². The summed E-state index contributed by atoms with van der Waals surface area (Å²) >= 11 is 0. The van der Waals surface area contributed by atoms with Gasteiger partial charge in [0, 0.05) is 6.92 Å². The van der Waals surface area contributed by atoms with Crippen LogP contribution >= 0.6 is 0 Å². The van der Waals surface area contributed by atoms with Gasteiger partial charge in [0.1, 0.15) is 30.5 Å². The van der Waals surface area contributed by atoms with E-state index in [1.54, 1.807) is 0 Å². The summed E-state index contributed by atoms with van der Waals surface area (Å²) in [6.45, 7) is 0.110. The highest BCUT2D eigenvalue weighted by atomic mass is 16.7. The molecule has 27 heavy (non-hydrogen) atoms. The molecule has 0 radical (unpaired) electrons. The second-order valence-electron chi connectivity index (χ2n) is 5.96. The number of imide groups is 1. The maximum atomic E-state index is 11.7. The SMILES string of the molecule is CC(=O)NC(=O)C[C@@H](O[C@@H]1O[C@H](C(=O)O)[C@@H](O)[C@H](O)[C@H]1O)[C@@H](O)[C@H](O)CO. The number of hydrogen-bond acceptors (Lipinski definition) is 11. The highest BCUT2D eigenvalue weighted by molar-refractivity contribution is 5.94. The van der Waals surface area contributed by atoms with Gasteiger partial charge in [-0.15, -0.1) is 0 Å². The van der Waals surface area contributed by atoms with Gasteiger partial charge in [0.15, 0.2) is 12.4 Å². The highest BCUT2D eigenvalue weighted by Gasteiger charge is 2.48. The first-order chi connectivity index (χ1) is 12.5. The Kier molecular flexibility index (Phi) is 8.64. The average molecular weight is 397 g/mol. The molecule has 0 bridgehead atoms. The van der Waals surface area contributed by atoms with Gasteiger partial charge in [0.05, 0.1) is 19.1 Å². The predicted molar refractivity (Wildman–Crippen MR) is 81.7 cm³/mol. The number of carboxylic acid groups (broad SMARTS) is 1. The number of carbonyl (C=O) groups is 3. The van der Waals surface area contributed by atoms with E-state index < -0.39 is 79.8 Å². The normalized spacial score (nSPS) is 31.6. The van der Waals surface area contributed by atoms with Gasteiger partial charge >= 0.3 is 5.97 Å². The number of rotatable bonds is 8. The molecule has 1 saturated heterocycles. The molecule has 0 spiro atoms. The van der Waals surface area contributed by atoms with Gasteiger partial charge in [0.2, 0.25) is 11.8 Å². The molecule has 1 aliphatic rings. The molecular weight excluding hydrogens is 374 g/mol. The van der Waals surface area contributed by atoms with E-state index in [1.807, 2.05) is 5.32 Å².